The van der Waals surface area contributed by atoms with E-state index in [1.165, 1.54) is 19.2 Å². The summed E-state index contributed by atoms with van der Waals surface area (Å²) in [5.41, 5.74) is 1.38. The number of carbonyl (C=O) groups excluding carboxylic acids is 1. The molecule has 3 aliphatic rings. The zero-order valence-electron chi connectivity index (χ0n) is 24.9. The summed E-state index contributed by atoms with van der Waals surface area (Å²) in [7, 11) is -2.16. The first-order valence-electron chi connectivity index (χ1n) is 14.7. The van der Waals surface area contributed by atoms with Gasteiger partial charge in [-0.1, -0.05) is 24.3 Å². The number of aliphatic hydroxyl groups is 1. The summed E-state index contributed by atoms with van der Waals surface area (Å²) in [6, 6.07) is 17.6. The molecule has 246 valence electrons. The molecule has 0 bridgehead atoms. The molecule has 0 radical (unpaired) electrons. The van der Waals surface area contributed by atoms with Crippen molar-refractivity contribution >= 4 is 27.2 Å². The Hall–Kier alpha value is -3.89. The average molecular weight is 662 g/mol. The number of likely N-dealkylation sites (tertiary alicyclic amines) is 1. The number of nitrogens with zero attached hydrogens (tertiary/aromatic N) is 4. The van der Waals surface area contributed by atoms with E-state index >= 15 is 0 Å². The van der Waals surface area contributed by atoms with Gasteiger partial charge < -0.3 is 29.1 Å². The predicted octanol–water partition coefficient (Wildman–Crippen LogP) is 3.76. The Balaban J connectivity index is 1.34. The molecule has 3 heterocycles. The van der Waals surface area contributed by atoms with E-state index in [0.29, 0.717) is 49.2 Å². The number of aliphatic hydroxyl groups excluding tert-OH is 1. The maximum atomic E-state index is 14.2. The number of morpholine rings is 1. The van der Waals surface area contributed by atoms with Gasteiger partial charge in [0.2, 0.25) is 5.91 Å². The number of hydrogen-bond acceptors (Lipinski definition) is 9. The van der Waals surface area contributed by atoms with Gasteiger partial charge in [0, 0.05) is 33.2 Å². The second-order valence-corrected chi connectivity index (χ2v) is 13.2. The number of nitrogens with one attached hydrogen (secondary N) is 1. The molecule has 3 aromatic rings. The molecular formula is C31H34F3N5O6S. The molecule has 0 spiro atoms. The van der Waals surface area contributed by atoms with Crippen LogP contribution in [0, 0.1) is 0 Å². The minimum atomic E-state index is -4.88. The van der Waals surface area contributed by atoms with Gasteiger partial charge in [-0.3, -0.25) is 9.69 Å². The third-order valence-corrected chi connectivity index (χ3v) is 10.2. The van der Waals surface area contributed by atoms with Crippen LogP contribution in [-0.4, -0.2) is 103 Å². The second-order valence-electron chi connectivity index (χ2n) is 11.1. The van der Waals surface area contributed by atoms with E-state index < -0.39 is 40.2 Å². The van der Waals surface area contributed by atoms with Gasteiger partial charge in [0.15, 0.2) is 11.5 Å². The highest BCUT2D eigenvalue weighted by Crippen LogP contribution is 2.48. The monoisotopic (exact) mass is 661 g/mol. The number of ether oxygens (including phenoxy) is 3. The van der Waals surface area contributed by atoms with Gasteiger partial charge in [-0.15, -0.1) is 13.2 Å². The Morgan fingerprint density at radius 2 is 1.61 bits per heavy atom. The third-order valence-electron chi connectivity index (χ3n) is 8.19. The standard InChI is InChI=1S/C31H34F3N5O6S/c1-35-46(42,22-12-10-21(11-13-22)45-31(32,33)34)36-23-18-38(29(40)20-37-14-16-43-17-15-37)19-26(30(23)41)39-24-6-2-4-8-27(24)44-28-9-5-3-7-25(28)39/h2-13,23,26,30,41H,14-20H2,1H3,(H,35,36,42). The zero-order valence-corrected chi connectivity index (χ0v) is 25.7. The highest BCUT2D eigenvalue weighted by Gasteiger charge is 2.44. The van der Waals surface area contributed by atoms with Gasteiger partial charge >= 0.3 is 6.36 Å². The molecule has 2 N–H and O–H groups in total. The van der Waals surface area contributed by atoms with E-state index in [2.05, 4.69) is 13.8 Å². The van der Waals surface area contributed by atoms with Crippen LogP contribution in [0.15, 0.2) is 82.1 Å². The van der Waals surface area contributed by atoms with Crippen LogP contribution in [0.1, 0.15) is 0 Å². The summed E-state index contributed by atoms with van der Waals surface area (Å²) < 4.78 is 75.0. The van der Waals surface area contributed by atoms with Gasteiger partial charge in [-0.05, 0) is 48.5 Å². The summed E-state index contributed by atoms with van der Waals surface area (Å²) in [5.74, 6) is 0.497. The molecule has 3 aliphatic heterocycles. The van der Waals surface area contributed by atoms with E-state index in [-0.39, 0.29) is 30.4 Å². The second kappa shape index (κ2) is 13.1. The summed E-state index contributed by atoms with van der Waals surface area (Å²) in [4.78, 5) is 19.5. The van der Waals surface area contributed by atoms with E-state index in [4.69, 9.17) is 9.47 Å². The lowest BCUT2D eigenvalue weighted by atomic mass is 9.94. The van der Waals surface area contributed by atoms with Crippen molar-refractivity contribution in [1.29, 1.82) is 0 Å². The van der Waals surface area contributed by atoms with Crippen LogP contribution in [0.5, 0.6) is 17.2 Å². The van der Waals surface area contributed by atoms with Crippen molar-refractivity contribution in [3.63, 3.8) is 0 Å². The van der Waals surface area contributed by atoms with Crippen LogP contribution < -0.4 is 19.1 Å². The number of hydrogen-bond donors (Lipinski definition) is 2. The molecule has 6 rings (SSSR count). The first-order valence-corrected chi connectivity index (χ1v) is 16.3. The molecule has 15 heteroatoms. The molecule has 1 amide bonds. The highest BCUT2D eigenvalue weighted by atomic mass is 32.2. The van der Waals surface area contributed by atoms with Crippen molar-refractivity contribution in [3.8, 4) is 17.2 Å². The van der Waals surface area contributed by atoms with Crippen molar-refractivity contribution in [2.75, 3.05) is 57.9 Å². The van der Waals surface area contributed by atoms with Crippen LogP contribution >= 0.6 is 0 Å². The first kappa shape index (κ1) is 32.1. The number of carbonyl (C=O) groups is 1. The molecular weight excluding hydrogens is 627 g/mol. The topological polar surface area (TPSA) is 116 Å². The molecule has 2 saturated heterocycles. The van der Waals surface area contributed by atoms with Crippen LogP contribution in [-0.2, 0) is 19.4 Å². The fourth-order valence-electron chi connectivity index (χ4n) is 5.97. The molecule has 0 aromatic heterocycles. The lowest BCUT2D eigenvalue weighted by Gasteiger charge is -2.48. The molecule has 4 atom stereocenters. The Kier molecular flexibility index (Phi) is 9.12. The predicted molar refractivity (Wildman–Crippen MR) is 164 cm³/mol. The molecule has 4 unspecified atom stereocenters. The van der Waals surface area contributed by atoms with Crippen LogP contribution in [0.4, 0.5) is 24.5 Å². The number of piperidine rings is 1. The van der Waals surface area contributed by atoms with Crippen LogP contribution in [0.3, 0.4) is 0 Å². The number of fused-ring (bicyclic) bond motifs is 2. The lowest BCUT2D eigenvalue weighted by molar-refractivity contribution is -0.274. The summed E-state index contributed by atoms with van der Waals surface area (Å²) in [6.07, 6.45) is -6.06. The number of benzene rings is 3. The zero-order chi connectivity index (χ0) is 32.5. The molecule has 0 saturated carbocycles. The number of rotatable bonds is 7. The molecule has 3 aromatic carbocycles. The lowest BCUT2D eigenvalue weighted by Crippen LogP contribution is -2.66. The summed E-state index contributed by atoms with van der Waals surface area (Å²) >= 11 is 0. The fourth-order valence-corrected chi connectivity index (χ4v) is 7.55. The van der Waals surface area contributed by atoms with E-state index in [1.807, 2.05) is 58.3 Å². The minimum Gasteiger partial charge on any atom is -0.453 e. The van der Waals surface area contributed by atoms with Crippen LogP contribution in [0.25, 0.3) is 0 Å². The first-order chi connectivity index (χ1) is 22.0. The number of amides is 1. The van der Waals surface area contributed by atoms with Gasteiger partial charge in [0.05, 0.1) is 54.2 Å². The van der Waals surface area contributed by atoms with Crippen molar-refractivity contribution in [3.05, 3.63) is 72.8 Å². The Labute approximate surface area is 264 Å². The number of alkyl halides is 3. The smallest absolute Gasteiger partial charge is 0.453 e. The third kappa shape index (κ3) is 6.78. The largest absolute Gasteiger partial charge is 0.573 e. The van der Waals surface area contributed by atoms with Crippen molar-refractivity contribution in [1.82, 2.24) is 14.5 Å². The van der Waals surface area contributed by atoms with Gasteiger partial charge in [-0.2, -0.15) is 0 Å². The quantitative estimate of drug-likeness (QED) is 0.394. The van der Waals surface area contributed by atoms with E-state index in [0.717, 1.165) is 12.1 Å². The van der Waals surface area contributed by atoms with E-state index in [9.17, 15) is 27.3 Å². The van der Waals surface area contributed by atoms with Crippen molar-refractivity contribution in [2.24, 2.45) is 4.36 Å². The Bertz CT molecular complexity index is 1630. The Morgan fingerprint density at radius 3 is 2.20 bits per heavy atom. The number of para-hydroxylation sites is 4. The SMILES string of the molecule is CN=S(=O)(NC1CN(C(=O)CN2CCOCC2)CC(N2c3ccccc3Oc3ccccc32)C1O)c1ccc(OC(F)(F)F)cc1. The van der Waals surface area contributed by atoms with Gasteiger partial charge in [0.25, 0.3) is 0 Å². The molecule has 11 nitrogen and oxygen atoms in total. The van der Waals surface area contributed by atoms with Crippen LogP contribution in [0.2, 0.25) is 0 Å². The summed E-state index contributed by atoms with van der Waals surface area (Å²) in [6.45, 7) is 2.56. The molecule has 0 aliphatic carbocycles. The maximum Gasteiger partial charge on any atom is 0.573 e. The average Bonchev–Trinajstić information content (AvgIpc) is 3.04. The number of halogens is 3. The van der Waals surface area contributed by atoms with Crippen molar-refractivity contribution < 1.29 is 41.5 Å². The van der Waals surface area contributed by atoms with Gasteiger partial charge in [-0.25, -0.2) is 13.3 Å². The summed E-state index contributed by atoms with van der Waals surface area (Å²) in [5, 5.41) is 12.0. The maximum absolute atomic E-state index is 14.2. The molecule has 46 heavy (non-hydrogen) atoms. The Morgan fingerprint density at radius 1 is 1.00 bits per heavy atom. The van der Waals surface area contributed by atoms with Gasteiger partial charge in [0.1, 0.15) is 15.7 Å². The minimum absolute atomic E-state index is 0.0102. The van der Waals surface area contributed by atoms with E-state index in [1.54, 1.807) is 4.90 Å². The molecule has 2 fully saturated rings. The fraction of sp³-hybridized carbons (Fsp3) is 0.387. The normalized spacial score (nSPS) is 23.0. The van der Waals surface area contributed by atoms with Crippen molar-refractivity contribution in [2.45, 2.75) is 29.4 Å². The highest BCUT2D eigenvalue weighted by molar-refractivity contribution is 7.91. The number of anilines is 2.